The number of pyridine rings is 1. The van der Waals surface area contributed by atoms with E-state index in [4.69, 9.17) is 10.5 Å². The van der Waals surface area contributed by atoms with Crippen molar-refractivity contribution in [1.29, 1.82) is 0 Å². The third-order valence-electron chi connectivity index (χ3n) is 3.06. The van der Waals surface area contributed by atoms with Gasteiger partial charge in [-0.05, 0) is 18.6 Å². The average molecular weight is 258 g/mol. The van der Waals surface area contributed by atoms with E-state index < -0.39 is 0 Å². The van der Waals surface area contributed by atoms with Gasteiger partial charge >= 0.3 is 0 Å². The molecular weight excluding hydrogens is 240 g/mol. The molecule has 0 radical (unpaired) electrons. The summed E-state index contributed by atoms with van der Waals surface area (Å²) in [5, 5.41) is 0. The molecule has 0 bridgehead atoms. The number of anilines is 1. The van der Waals surface area contributed by atoms with Gasteiger partial charge in [-0.15, -0.1) is 0 Å². The summed E-state index contributed by atoms with van der Waals surface area (Å²) in [5.74, 6) is 0.710. The molecule has 2 N–H and O–H groups in total. The molecule has 0 spiro atoms. The normalized spacial score (nSPS) is 10.4. The molecule has 0 aliphatic rings. The van der Waals surface area contributed by atoms with Crippen LogP contribution in [0.2, 0.25) is 0 Å². The lowest BCUT2D eigenvalue weighted by Crippen LogP contribution is -2.23. The zero-order valence-corrected chi connectivity index (χ0v) is 11.2. The molecule has 0 fully saturated rings. The molecule has 2 rings (SSSR count). The summed E-state index contributed by atoms with van der Waals surface area (Å²) in [6, 6.07) is 9.40. The quantitative estimate of drug-likeness (QED) is 0.916. The van der Waals surface area contributed by atoms with E-state index in [1.807, 2.05) is 37.3 Å². The van der Waals surface area contributed by atoms with Crippen LogP contribution in [0.5, 0.6) is 5.75 Å². The number of benzene rings is 1. The van der Waals surface area contributed by atoms with Crippen LogP contribution in [0.4, 0.5) is 5.69 Å². The van der Waals surface area contributed by atoms with Crippen molar-refractivity contribution in [2.75, 3.05) is 12.8 Å². The second-order valence-corrected chi connectivity index (χ2v) is 4.34. The first-order chi connectivity index (χ1) is 9.19. The fourth-order valence-corrected chi connectivity index (χ4v) is 2.11. The maximum Gasteiger partial charge on any atom is 0.274 e. The van der Waals surface area contributed by atoms with Crippen LogP contribution in [-0.4, -0.2) is 11.7 Å². The molecule has 0 amide bonds. The zero-order chi connectivity index (χ0) is 13.8. The van der Waals surface area contributed by atoms with Crippen molar-refractivity contribution in [2.24, 2.45) is 0 Å². The third-order valence-corrected chi connectivity index (χ3v) is 3.06. The highest BCUT2D eigenvalue weighted by atomic mass is 16.5. The minimum atomic E-state index is -0.148. The lowest BCUT2D eigenvalue weighted by atomic mass is 10.0. The van der Waals surface area contributed by atoms with E-state index >= 15 is 0 Å². The van der Waals surface area contributed by atoms with Gasteiger partial charge in [0.15, 0.2) is 0 Å². The molecule has 1 aromatic heterocycles. The van der Waals surface area contributed by atoms with E-state index in [1.165, 1.54) is 0 Å². The molecule has 1 aromatic carbocycles. The van der Waals surface area contributed by atoms with Gasteiger partial charge < -0.3 is 15.0 Å². The van der Waals surface area contributed by atoms with Crippen molar-refractivity contribution < 1.29 is 4.74 Å². The molecule has 0 unspecified atom stereocenters. The first-order valence-electron chi connectivity index (χ1n) is 6.31. The zero-order valence-electron chi connectivity index (χ0n) is 11.2. The van der Waals surface area contributed by atoms with Crippen LogP contribution < -0.4 is 16.0 Å². The molecule has 0 aliphatic carbocycles. The summed E-state index contributed by atoms with van der Waals surface area (Å²) < 4.78 is 6.94. The first kappa shape index (κ1) is 13.2. The summed E-state index contributed by atoms with van der Waals surface area (Å²) in [5.41, 5.74) is 7.65. The number of methoxy groups -OCH3 is 1. The smallest absolute Gasteiger partial charge is 0.274 e. The minimum absolute atomic E-state index is 0.148. The Kier molecular flexibility index (Phi) is 3.90. The molecule has 4 heteroatoms. The molecule has 0 atom stereocenters. The number of para-hydroxylation sites is 1. The van der Waals surface area contributed by atoms with E-state index in [2.05, 4.69) is 0 Å². The van der Waals surface area contributed by atoms with Crippen molar-refractivity contribution in [1.82, 2.24) is 4.57 Å². The fraction of sp³-hybridized carbons (Fsp3) is 0.267. The number of ether oxygens (including phenoxy) is 1. The van der Waals surface area contributed by atoms with Gasteiger partial charge in [-0.1, -0.05) is 25.1 Å². The van der Waals surface area contributed by atoms with Crippen LogP contribution in [-0.2, 0) is 6.54 Å². The predicted octanol–water partition coefficient (Wildman–Crippen LogP) is 2.52. The number of nitrogens with zero attached hydrogens (tertiary/aromatic N) is 1. The molecule has 2 aromatic rings. The topological polar surface area (TPSA) is 57.2 Å². The third kappa shape index (κ3) is 2.47. The van der Waals surface area contributed by atoms with Crippen LogP contribution in [0, 0.1) is 0 Å². The molecule has 19 heavy (non-hydrogen) atoms. The lowest BCUT2D eigenvalue weighted by molar-refractivity contribution is 0.416. The van der Waals surface area contributed by atoms with Crippen LogP contribution >= 0.6 is 0 Å². The second kappa shape index (κ2) is 5.61. The number of nitrogen functional groups attached to an aromatic ring is 1. The Hall–Kier alpha value is -2.23. The van der Waals surface area contributed by atoms with E-state index in [9.17, 15) is 4.79 Å². The number of hydrogen-bond acceptors (Lipinski definition) is 3. The first-order valence-corrected chi connectivity index (χ1v) is 6.31. The highest BCUT2D eigenvalue weighted by molar-refractivity contribution is 5.79. The van der Waals surface area contributed by atoms with Crippen molar-refractivity contribution in [3.63, 3.8) is 0 Å². The molecule has 0 saturated carbocycles. The molecule has 1 heterocycles. The van der Waals surface area contributed by atoms with Crippen molar-refractivity contribution in [3.8, 4) is 16.9 Å². The monoisotopic (exact) mass is 258 g/mol. The van der Waals surface area contributed by atoms with E-state index in [0.717, 1.165) is 17.5 Å². The van der Waals surface area contributed by atoms with Crippen molar-refractivity contribution >= 4 is 5.69 Å². The maximum atomic E-state index is 12.1. The number of aryl methyl sites for hydroxylation is 1. The average Bonchev–Trinajstić information content (AvgIpc) is 2.44. The summed E-state index contributed by atoms with van der Waals surface area (Å²) in [6.45, 7) is 2.70. The molecule has 4 nitrogen and oxygen atoms in total. The number of nitrogens with two attached hydrogens (primary N) is 1. The Morgan fingerprint density at radius 3 is 2.63 bits per heavy atom. The Morgan fingerprint density at radius 2 is 1.95 bits per heavy atom. The van der Waals surface area contributed by atoms with Crippen LogP contribution in [0.3, 0.4) is 0 Å². The SMILES string of the molecule is CCCn1ccc(-c2ccccc2OC)c(N)c1=O. The van der Waals surface area contributed by atoms with Crippen LogP contribution in [0.15, 0.2) is 41.3 Å². The lowest BCUT2D eigenvalue weighted by Gasteiger charge is -2.12. The maximum absolute atomic E-state index is 12.1. The largest absolute Gasteiger partial charge is 0.496 e. The van der Waals surface area contributed by atoms with Gasteiger partial charge in [0, 0.05) is 23.9 Å². The highest BCUT2D eigenvalue weighted by Crippen LogP contribution is 2.31. The Labute approximate surface area is 112 Å². The number of rotatable bonds is 4. The van der Waals surface area contributed by atoms with E-state index in [1.54, 1.807) is 17.9 Å². The standard InChI is InChI=1S/C15H18N2O2/c1-3-9-17-10-8-12(14(16)15(17)18)11-6-4-5-7-13(11)19-2/h4-8,10H,3,9,16H2,1-2H3. The van der Waals surface area contributed by atoms with Gasteiger partial charge in [0.05, 0.1) is 7.11 Å². The van der Waals surface area contributed by atoms with Crippen LogP contribution in [0.25, 0.3) is 11.1 Å². The highest BCUT2D eigenvalue weighted by Gasteiger charge is 2.11. The van der Waals surface area contributed by atoms with E-state index in [-0.39, 0.29) is 11.2 Å². The van der Waals surface area contributed by atoms with Crippen LogP contribution in [0.1, 0.15) is 13.3 Å². The second-order valence-electron chi connectivity index (χ2n) is 4.34. The summed E-state index contributed by atoms with van der Waals surface area (Å²) in [6.07, 6.45) is 2.68. The minimum Gasteiger partial charge on any atom is -0.496 e. The number of aromatic nitrogens is 1. The van der Waals surface area contributed by atoms with Gasteiger partial charge in [0.2, 0.25) is 0 Å². The number of hydrogen-bond donors (Lipinski definition) is 1. The van der Waals surface area contributed by atoms with Gasteiger partial charge in [-0.25, -0.2) is 0 Å². The van der Waals surface area contributed by atoms with Gasteiger partial charge in [-0.3, -0.25) is 4.79 Å². The predicted molar refractivity (Wildman–Crippen MR) is 77.4 cm³/mol. The molecule has 0 aliphatic heterocycles. The summed E-state index contributed by atoms with van der Waals surface area (Å²) in [4.78, 5) is 12.1. The van der Waals surface area contributed by atoms with E-state index in [0.29, 0.717) is 12.3 Å². The molecular formula is C15H18N2O2. The van der Waals surface area contributed by atoms with Crippen molar-refractivity contribution in [3.05, 3.63) is 46.9 Å². The Balaban J connectivity index is 2.58. The van der Waals surface area contributed by atoms with Gasteiger partial charge in [0.25, 0.3) is 5.56 Å². The fourth-order valence-electron chi connectivity index (χ4n) is 2.11. The molecule has 0 saturated heterocycles. The van der Waals surface area contributed by atoms with Gasteiger partial charge in [0.1, 0.15) is 11.4 Å². The Morgan fingerprint density at radius 1 is 1.21 bits per heavy atom. The Bertz CT molecular complexity index is 632. The van der Waals surface area contributed by atoms with Crippen molar-refractivity contribution in [2.45, 2.75) is 19.9 Å². The summed E-state index contributed by atoms with van der Waals surface area (Å²) >= 11 is 0. The van der Waals surface area contributed by atoms with Gasteiger partial charge in [-0.2, -0.15) is 0 Å². The summed E-state index contributed by atoms with van der Waals surface area (Å²) in [7, 11) is 1.60. The molecule has 100 valence electrons.